The Bertz CT molecular complexity index is 755. The molecule has 4 nitrogen and oxygen atoms in total. The molecule has 3 rings (SSSR count). The highest BCUT2D eigenvalue weighted by molar-refractivity contribution is 6.34. The van der Waals surface area contributed by atoms with Crippen molar-refractivity contribution in [2.45, 2.75) is 38.6 Å². The van der Waals surface area contributed by atoms with Gasteiger partial charge in [-0.05, 0) is 50.1 Å². The van der Waals surface area contributed by atoms with E-state index in [0.717, 1.165) is 11.3 Å². The summed E-state index contributed by atoms with van der Waals surface area (Å²) in [4.78, 5) is 12.4. The smallest absolute Gasteiger partial charge is 0.259 e. The van der Waals surface area contributed by atoms with Crippen molar-refractivity contribution in [2.24, 2.45) is 0 Å². The van der Waals surface area contributed by atoms with E-state index >= 15 is 0 Å². The molecular weight excluding hydrogens is 324 g/mol. The highest BCUT2D eigenvalue weighted by Gasteiger charge is 2.16. The van der Waals surface area contributed by atoms with E-state index in [9.17, 15) is 9.90 Å². The van der Waals surface area contributed by atoms with Gasteiger partial charge in [0, 0.05) is 11.7 Å². The summed E-state index contributed by atoms with van der Waals surface area (Å²) in [5, 5.41) is 16.6. The Morgan fingerprint density at radius 2 is 1.92 bits per heavy atom. The number of hydrogen-bond donors (Lipinski definition) is 3. The molecule has 2 aromatic rings. The standard InChI is InChI=1S/C19H21ClN2O2/c1-12-6-9-18(23)15(10-12)19(24)22-17-8-7-14(11-16(17)20)21-13-4-2-3-5-13/h6-11,13,21,23H,2-5H2,1H3,(H,22,24). The summed E-state index contributed by atoms with van der Waals surface area (Å²) in [6, 6.07) is 10.9. The van der Waals surface area contributed by atoms with Crippen molar-refractivity contribution in [2.75, 3.05) is 10.6 Å². The molecule has 5 heteroatoms. The summed E-state index contributed by atoms with van der Waals surface area (Å²) >= 11 is 6.30. The molecule has 0 aromatic heterocycles. The number of phenolic OH excluding ortho intramolecular Hbond substituents is 1. The summed E-state index contributed by atoms with van der Waals surface area (Å²) in [7, 11) is 0. The summed E-state index contributed by atoms with van der Waals surface area (Å²) < 4.78 is 0. The number of carbonyl (C=O) groups excluding carboxylic acids is 1. The average molecular weight is 345 g/mol. The van der Waals surface area contributed by atoms with Crippen LogP contribution < -0.4 is 10.6 Å². The maximum absolute atomic E-state index is 12.4. The minimum absolute atomic E-state index is 0.0475. The van der Waals surface area contributed by atoms with Gasteiger partial charge in [-0.1, -0.05) is 36.1 Å². The van der Waals surface area contributed by atoms with Crippen LogP contribution >= 0.6 is 11.6 Å². The van der Waals surface area contributed by atoms with Crippen molar-refractivity contribution in [1.82, 2.24) is 0 Å². The summed E-state index contributed by atoms with van der Waals surface area (Å²) in [6.07, 6.45) is 4.89. The first-order valence-electron chi connectivity index (χ1n) is 8.20. The van der Waals surface area contributed by atoms with Gasteiger partial charge < -0.3 is 15.7 Å². The van der Waals surface area contributed by atoms with Crippen LogP contribution in [-0.2, 0) is 0 Å². The van der Waals surface area contributed by atoms with Gasteiger partial charge in [-0.3, -0.25) is 4.79 Å². The second kappa shape index (κ2) is 7.14. The van der Waals surface area contributed by atoms with Crippen LogP contribution in [0.2, 0.25) is 5.02 Å². The minimum Gasteiger partial charge on any atom is -0.507 e. The quantitative estimate of drug-likeness (QED) is 0.734. The summed E-state index contributed by atoms with van der Waals surface area (Å²) in [5.41, 5.74) is 2.63. The molecule has 126 valence electrons. The van der Waals surface area contributed by atoms with Gasteiger partial charge in [-0.15, -0.1) is 0 Å². The Hall–Kier alpha value is -2.20. The normalized spacial score (nSPS) is 14.6. The summed E-state index contributed by atoms with van der Waals surface area (Å²) in [6.45, 7) is 1.87. The molecule has 1 fully saturated rings. The molecule has 0 heterocycles. The maximum Gasteiger partial charge on any atom is 0.259 e. The molecule has 0 spiro atoms. The monoisotopic (exact) mass is 344 g/mol. The van der Waals surface area contributed by atoms with Crippen molar-refractivity contribution < 1.29 is 9.90 Å². The maximum atomic E-state index is 12.4. The number of hydrogen-bond acceptors (Lipinski definition) is 3. The number of benzene rings is 2. The van der Waals surface area contributed by atoms with Crippen LogP contribution in [0.15, 0.2) is 36.4 Å². The third-order valence-corrected chi connectivity index (χ3v) is 4.65. The van der Waals surface area contributed by atoms with Crippen LogP contribution in [0.1, 0.15) is 41.6 Å². The average Bonchev–Trinajstić information content (AvgIpc) is 3.05. The van der Waals surface area contributed by atoms with E-state index in [4.69, 9.17) is 11.6 Å². The zero-order valence-corrected chi connectivity index (χ0v) is 14.4. The zero-order chi connectivity index (χ0) is 17.1. The topological polar surface area (TPSA) is 61.4 Å². The van der Waals surface area contributed by atoms with Gasteiger partial charge in [0.25, 0.3) is 5.91 Å². The Morgan fingerprint density at radius 3 is 2.62 bits per heavy atom. The lowest BCUT2D eigenvalue weighted by molar-refractivity contribution is 0.102. The van der Waals surface area contributed by atoms with E-state index in [0.29, 0.717) is 16.8 Å². The Morgan fingerprint density at radius 1 is 1.17 bits per heavy atom. The number of rotatable bonds is 4. The predicted octanol–water partition coefficient (Wildman–Crippen LogP) is 4.96. The number of amides is 1. The second-order valence-electron chi connectivity index (χ2n) is 6.30. The van der Waals surface area contributed by atoms with E-state index in [1.54, 1.807) is 18.2 Å². The number of nitrogens with one attached hydrogen (secondary N) is 2. The molecule has 0 saturated heterocycles. The van der Waals surface area contributed by atoms with Crippen molar-refractivity contribution in [3.63, 3.8) is 0 Å². The lowest BCUT2D eigenvalue weighted by Gasteiger charge is -2.15. The van der Waals surface area contributed by atoms with Crippen molar-refractivity contribution in [1.29, 1.82) is 0 Å². The Balaban J connectivity index is 1.72. The van der Waals surface area contributed by atoms with Crippen molar-refractivity contribution >= 4 is 28.9 Å². The molecule has 1 amide bonds. The fourth-order valence-electron chi connectivity index (χ4n) is 3.03. The van der Waals surface area contributed by atoms with Crippen LogP contribution in [0.3, 0.4) is 0 Å². The molecule has 1 saturated carbocycles. The Labute approximate surface area is 146 Å². The molecule has 0 atom stereocenters. The van der Waals surface area contributed by atoms with Gasteiger partial charge in [0.2, 0.25) is 0 Å². The Kier molecular flexibility index (Phi) is 4.95. The van der Waals surface area contributed by atoms with Gasteiger partial charge in [0.05, 0.1) is 16.3 Å². The molecule has 0 unspecified atom stereocenters. The molecule has 2 aromatic carbocycles. The number of carbonyl (C=O) groups is 1. The van der Waals surface area contributed by atoms with E-state index in [1.165, 1.54) is 31.7 Å². The predicted molar refractivity (Wildman–Crippen MR) is 98.1 cm³/mol. The molecule has 24 heavy (non-hydrogen) atoms. The highest BCUT2D eigenvalue weighted by atomic mass is 35.5. The SMILES string of the molecule is Cc1ccc(O)c(C(=O)Nc2ccc(NC3CCCC3)cc2Cl)c1. The number of aryl methyl sites for hydroxylation is 1. The van der Waals surface area contributed by atoms with Gasteiger partial charge in [0.1, 0.15) is 5.75 Å². The van der Waals surface area contributed by atoms with Crippen LogP contribution in [-0.4, -0.2) is 17.1 Å². The minimum atomic E-state index is -0.380. The molecule has 3 N–H and O–H groups in total. The molecule has 1 aliphatic carbocycles. The van der Waals surface area contributed by atoms with Gasteiger partial charge >= 0.3 is 0 Å². The lowest BCUT2D eigenvalue weighted by Crippen LogP contribution is -2.15. The number of aromatic hydroxyl groups is 1. The number of halogens is 1. The highest BCUT2D eigenvalue weighted by Crippen LogP contribution is 2.29. The summed E-state index contributed by atoms with van der Waals surface area (Å²) in [5.74, 6) is -0.427. The van der Waals surface area contributed by atoms with Crippen LogP contribution in [0.4, 0.5) is 11.4 Å². The first kappa shape index (κ1) is 16.7. The van der Waals surface area contributed by atoms with Crippen LogP contribution in [0.5, 0.6) is 5.75 Å². The molecule has 1 aliphatic rings. The van der Waals surface area contributed by atoms with E-state index in [2.05, 4.69) is 10.6 Å². The van der Waals surface area contributed by atoms with Gasteiger partial charge in [-0.25, -0.2) is 0 Å². The molecule has 0 aliphatic heterocycles. The van der Waals surface area contributed by atoms with Gasteiger partial charge in [0.15, 0.2) is 0 Å². The van der Waals surface area contributed by atoms with Crippen molar-refractivity contribution in [3.05, 3.63) is 52.5 Å². The van der Waals surface area contributed by atoms with E-state index in [1.807, 2.05) is 19.1 Å². The van der Waals surface area contributed by atoms with Crippen LogP contribution in [0, 0.1) is 6.92 Å². The third-order valence-electron chi connectivity index (χ3n) is 4.34. The largest absolute Gasteiger partial charge is 0.507 e. The van der Waals surface area contributed by atoms with Crippen molar-refractivity contribution in [3.8, 4) is 5.75 Å². The molecule has 0 bridgehead atoms. The van der Waals surface area contributed by atoms with Crippen LogP contribution in [0.25, 0.3) is 0 Å². The van der Waals surface area contributed by atoms with Gasteiger partial charge in [-0.2, -0.15) is 0 Å². The zero-order valence-electron chi connectivity index (χ0n) is 13.6. The molecule has 0 radical (unpaired) electrons. The molecular formula is C19H21ClN2O2. The lowest BCUT2D eigenvalue weighted by atomic mass is 10.1. The first-order chi connectivity index (χ1) is 11.5. The fraction of sp³-hybridized carbons (Fsp3) is 0.316. The first-order valence-corrected chi connectivity index (χ1v) is 8.58. The van der Waals surface area contributed by atoms with E-state index < -0.39 is 0 Å². The fourth-order valence-corrected chi connectivity index (χ4v) is 3.26. The van der Waals surface area contributed by atoms with E-state index in [-0.39, 0.29) is 17.2 Å². The number of phenols is 1. The third kappa shape index (κ3) is 3.82. The number of anilines is 2. The second-order valence-corrected chi connectivity index (χ2v) is 6.70.